The Bertz CT molecular complexity index is 1000. The number of aromatic nitrogens is 3. The van der Waals surface area contributed by atoms with Crippen LogP contribution in [0.25, 0.3) is 5.82 Å². The van der Waals surface area contributed by atoms with Crippen molar-refractivity contribution in [2.45, 2.75) is 18.7 Å². The Morgan fingerprint density at radius 3 is 2.68 bits per heavy atom. The predicted octanol–water partition coefficient (Wildman–Crippen LogP) is 3.39. The van der Waals surface area contributed by atoms with Gasteiger partial charge in [-0.2, -0.15) is 5.10 Å². The average molecular weight is 396 g/mol. The van der Waals surface area contributed by atoms with Gasteiger partial charge in [0.2, 0.25) is 5.91 Å². The van der Waals surface area contributed by atoms with Crippen molar-refractivity contribution in [1.82, 2.24) is 14.8 Å². The first-order valence-corrected chi connectivity index (χ1v) is 9.89. The summed E-state index contributed by atoms with van der Waals surface area (Å²) in [5.41, 5.74) is 2.60. The van der Waals surface area contributed by atoms with Crippen LogP contribution in [-0.2, 0) is 4.79 Å². The highest BCUT2D eigenvalue weighted by molar-refractivity contribution is 8.00. The third kappa shape index (κ3) is 4.12. The van der Waals surface area contributed by atoms with Crippen molar-refractivity contribution >= 4 is 23.4 Å². The standard InChI is InChI=1S/C20H20N4O3S/c1-13-9-14(2)24(23-13)19-6-3-15(11-21-19)22-20(25)12-28-16-4-5-17-18(10-16)27-8-7-26-17/h3-6,9-11H,7-8,12H2,1-2H3,(H,22,25). The third-order valence-corrected chi connectivity index (χ3v) is 5.14. The molecule has 144 valence electrons. The van der Waals surface area contributed by atoms with Crippen molar-refractivity contribution in [3.8, 4) is 17.3 Å². The number of anilines is 1. The molecule has 0 unspecified atom stereocenters. The van der Waals surface area contributed by atoms with E-state index >= 15 is 0 Å². The fraction of sp³-hybridized carbons (Fsp3) is 0.250. The molecule has 7 nitrogen and oxygen atoms in total. The molecule has 0 aliphatic carbocycles. The largest absolute Gasteiger partial charge is 0.486 e. The molecular formula is C20H20N4O3S. The molecule has 0 atom stereocenters. The highest BCUT2D eigenvalue weighted by Crippen LogP contribution is 2.34. The van der Waals surface area contributed by atoms with Gasteiger partial charge in [0.05, 0.1) is 23.3 Å². The first-order valence-electron chi connectivity index (χ1n) is 8.90. The van der Waals surface area contributed by atoms with Gasteiger partial charge in [-0.1, -0.05) is 0 Å². The zero-order valence-electron chi connectivity index (χ0n) is 15.6. The van der Waals surface area contributed by atoms with E-state index in [-0.39, 0.29) is 5.91 Å². The number of hydrogen-bond donors (Lipinski definition) is 1. The van der Waals surface area contributed by atoms with Gasteiger partial charge in [-0.25, -0.2) is 9.67 Å². The molecule has 1 aliphatic heterocycles. The number of carbonyl (C=O) groups is 1. The van der Waals surface area contributed by atoms with Crippen LogP contribution in [-0.4, -0.2) is 39.6 Å². The van der Waals surface area contributed by atoms with E-state index < -0.39 is 0 Å². The molecule has 1 aromatic carbocycles. The number of pyridine rings is 1. The summed E-state index contributed by atoms with van der Waals surface area (Å²) in [7, 11) is 0. The highest BCUT2D eigenvalue weighted by atomic mass is 32.2. The van der Waals surface area contributed by atoms with Crippen LogP contribution in [0.1, 0.15) is 11.4 Å². The molecule has 3 aromatic rings. The van der Waals surface area contributed by atoms with Gasteiger partial charge in [0.15, 0.2) is 17.3 Å². The fourth-order valence-corrected chi connectivity index (χ4v) is 3.63. The van der Waals surface area contributed by atoms with Crippen LogP contribution in [0.3, 0.4) is 0 Å². The van der Waals surface area contributed by atoms with Gasteiger partial charge in [-0.3, -0.25) is 4.79 Å². The second-order valence-electron chi connectivity index (χ2n) is 6.39. The van der Waals surface area contributed by atoms with Gasteiger partial charge >= 0.3 is 0 Å². The molecule has 4 rings (SSSR count). The Kier molecular flexibility index (Phi) is 5.21. The Labute approximate surface area is 167 Å². The molecule has 8 heteroatoms. The lowest BCUT2D eigenvalue weighted by atomic mass is 10.3. The molecule has 1 N–H and O–H groups in total. The van der Waals surface area contributed by atoms with Crippen LogP contribution in [0.5, 0.6) is 11.5 Å². The van der Waals surface area contributed by atoms with Crippen molar-refractivity contribution in [3.05, 3.63) is 54.0 Å². The van der Waals surface area contributed by atoms with Crippen LogP contribution in [0.4, 0.5) is 5.69 Å². The van der Waals surface area contributed by atoms with Gasteiger partial charge in [0, 0.05) is 10.6 Å². The normalized spacial score (nSPS) is 12.6. The van der Waals surface area contributed by atoms with Crippen molar-refractivity contribution in [2.75, 3.05) is 24.3 Å². The SMILES string of the molecule is Cc1cc(C)n(-c2ccc(NC(=O)CSc3ccc4c(c3)OCCO4)cn2)n1. The summed E-state index contributed by atoms with van der Waals surface area (Å²) in [6, 6.07) is 11.4. The number of carbonyl (C=O) groups excluding carboxylic acids is 1. The maximum Gasteiger partial charge on any atom is 0.234 e. The Balaban J connectivity index is 1.34. The number of aryl methyl sites for hydroxylation is 2. The molecule has 3 heterocycles. The lowest BCUT2D eigenvalue weighted by Gasteiger charge is -2.18. The molecule has 0 bridgehead atoms. The first-order chi connectivity index (χ1) is 13.6. The van der Waals surface area contributed by atoms with Crippen LogP contribution in [0, 0.1) is 13.8 Å². The number of benzene rings is 1. The van der Waals surface area contributed by atoms with Gasteiger partial charge < -0.3 is 14.8 Å². The van der Waals surface area contributed by atoms with E-state index in [1.54, 1.807) is 10.9 Å². The van der Waals surface area contributed by atoms with E-state index in [4.69, 9.17) is 9.47 Å². The molecular weight excluding hydrogens is 376 g/mol. The minimum absolute atomic E-state index is 0.0967. The Hall–Kier alpha value is -3.00. The van der Waals surface area contributed by atoms with Gasteiger partial charge in [0.25, 0.3) is 0 Å². The van der Waals surface area contributed by atoms with E-state index in [0.29, 0.717) is 30.5 Å². The minimum atomic E-state index is -0.0967. The van der Waals surface area contributed by atoms with E-state index in [1.807, 2.05) is 50.2 Å². The molecule has 28 heavy (non-hydrogen) atoms. The summed E-state index contributed by atoms with van der Waals surface area (Å²) in [6.45, 7) is 5.03. The summed E-state index contributed by atoms with van der Waals surface area (Å²) in [4.78, 5) is 17.6. The summed E-state index contributed by atoms with van der Waals surface area (Å²) in [5.74, 6) is 2.38. The van der Waals surface area contributed by atoms with Crippen molar-refractivity contribution in [2.24, 2.45) is 0 Å². The molecule has 0 saturated heterocycles. The zero-order chi connectivity index (χ0) is 19.5. The molecule has 0 saturated carbocycles. The van der Waals surface area contributed by atoms with E-state index in [1.165, 1.54) is 11.8 Å². The minimum Gasteiger partial charge on any atom is -0.486 e. The monoisotopic (exact) mass is 396 g/mol. The molecule has 1 aliphatic rings. The highest BCUT2D eigenvalue weighted by Gasteiger charge is 2.13. The first kappa shape index (κ1) is 18.4. The van der Waals surface area contributed by atoms with Gasteiger partial charge in [-0.15, -0.1) is 11.8 Å². The number of nitrogens with zero attached hydrogens (tertiary/aromatic N) is 3. The molecule has 1 amide bonds. The predicted molar refractivity (Wildman–Crippen MR) is 108 cm³/mol. The maximum atomic E-state index is 12.3. The van der Waals surface area contributed by atoms with Crippen LogP contribution in [0.2, 0.25) is 0 Å². The van der Waals surface area contributed by atoms with E-state index in [9.17, 15) is 4.79 Å². The number of ether oxygens (including phenoxy) is 2. The number of rotatable bonds is 5. The lowest BCUT2D eigenvalue weighted by molar-refractivity contribution is -0.113. The Morgan fingerprint density at radius 2 is 1.96 bits per heavy atom. The summed E-state index contributed by atoms with van der Waals surface area (Å²) < 4.78 is 12.9. The number of fused-ring (bicyclic) bond motifs is 1. The molecule has 0 spiro atoms. The van der Waals surface area contributed by atoms with Crippen molar-refractivity contribution < 1.29 is 14.3 Å². The lowest BCUT2D eigenvalue weighted by Crippen LogP contribution is -2.15. The third-order valence-electron chi connectivity index (χ3n) is 4.14. The number of thioether (sulfide) groups is 1. The topological polar surface area (TPSA) is 78.3 Å². The Morgan fingerprint density at radius 1 is 1.14 bits per heavy atom. The summed E-state index contributed by atoms with van der Waals surface area (Å²) in [5, 5.41) is 7.27. The van der Waals surface area contributed by atoms with Crippen molar-refractivity contribution in [1.29, 1.82) is 0 Å². The van der Waals surface area contributed by atoms with E-state index in [0.717, 1.165) is 27.8 Å². The van der Waals surface area contributed by atoms with Gasteiger partial charge in [-0.05, 0) is 50.2 Å². The second-order valence-corrected chi connectivity index (χ2v) is 7.44. The van der Waals surface area contributed by atoms with Crippen LogP contribution < -0.4 is 14.8 Å². The number of nitrogens with one attached hydrogen (secondary N) is 1. The second kappa shape index (κ2) is 7.93. The maximum absolute atomic E-state index is 12.3. The summed E-state index contributed by atoms with van der Waals surface area (Å²) in [6.07, 6.45) is 1.64. The summed E-state index contributed by atoms with van der Waals surface area (Å²) >= 11 is 1.44. The quantitative estimate of drug-likeness (QED) is 0.666. The molecule has 0 fully saturated rings. The fourth-order valence-electron chi connectivity index (χ4n) is 2.91. The molecule has 2 aromatic heterocycles. The van der Waals surface area contributed by atoms with Crippen LogP contribution in [0.15, 0.2) is 47.5 Å². The smallest absolute Gasteiger partial charge is 0.234 e. The van der Waals surface area contributed by atoms with Gasteiger partial charge in [0.1, 0.15) is 13.2 Å². The van der Waals surface area contributed by atoms with E-state index in [2.05, 4.69) is 15.4 Å². The van der Waals surface area contributed by atoms with Crippen LogP contribution >= 0.6 is 11.8 Å². The molecule has 0 radical (unpaired) electrons. The van der Waals surface area contributed by atoms with Crippen molar-refractivity contribution in [3.63, 3.8) is 0 Å². The number of hydrogen-bond acceptors (Lipinski definition) is 6. The zero-order valence-corrected chi connectivity index (χ0v) is 16.5. The average Bonchev–Trinajstić information content (AvgIpc) is 3.05. The number of amides is 1.